The topological polar surface area (TPSA) is 17.1 Å². The second-order valence-corrected chi connectivity index (χ2v) is 9.53. The van der Waals surface area contributed by atoms with Crippen LogP contribution in [0.3, 0.4) is 0 Å². The molecule has 0 rings (SSSR count). The number of hydrogen-bond acceptors (Lipinski definition) is 1. The summed E-state index contributed by atoms with van der Waals surface area (Å²) in [6.45, 7) is 18.8. The summed E-state index contributed by atoms with van der Waals surface area (Å²) in [5, 5.41) is 0. The van der Waals surface area contributed by atoms with Crippen LogP contribution in [0, 0.1) is 0 Å². The van der Waals surface area contributed by atoms with Crippen LogP contribution in [0.15, 0.2) is 70.4 Å². The number of unbranched alkanes of at least 4 members (excludes halogenated alkanes) is 1. The van der Waals surface area contributed by atoms with Gasteiger partial charge in [-0.2, -0.15) is 0 Å². The van der Waals surface area contributed by atoms with E-state index in [2.05, 4.69) is 78.5 Å². The number of Topliss-reactive ketones (excluding diaryl/α,β-unsaturated/α-hetero) is 1. The maximum Gasteiger partial charge on any atom is 0.140 e. The maximum absolute atomic E-state index is 11.8. The van der Waals surface area contributed by atoms with Crippen molar-refractivity contribution < 1.29 is 4.79 Å². The molecule has 0 saturated carbocycles. The zero-order valence-electron chi connectivity index (χ0n) is 21.6. The highest BCUT2D eigenvalue weighted by atomic mass is 16.1. The van der Waals surface area contributed by atoms with Crippen LogP contribution in [-0.2, 0) is 4.79 Å². The summed E-state index contributed by atoms with van der Waals surface area (Å²) in [7, 11) is 0. The van der Waals surface area contributed by atoms with Crippen molar-refractivity contribution >= 4 is 5.78 Å². The smallest absolute Gasteiger partial charge is 0.140 e. The fourth-order valence-electron chi connectivity index (χ4n) is 3.43. The Morgan fingerprint density at radius 1 is 0.548 bits per heavy atom. The third kappa shape index (κ3) is 19.8. The molecule has 0 N–H and O–H groups in total. The number of carbonyl (C=O) groups is 1. The van der Waals surface area contributed by atoms with Crippen molar-refractivity contribution in [2.45, 2.75) is 113 Å². The minimum Gasteiger partial charge on any atom is -0.299 e. The Hall–Kier alpha value is -1.89. The van der Waals surface area contributed by atoms with E-state index in [0.717, 1.165) is 50.5 Å². The van der Waals surface area contributed by atoms with E-state index in [9.17, 15) is 4.79 Å². The Bertz CT molecular complexity index is 703. The number of rotatable bonds is 16. The first-order valence-electron chi connectivity index (χ1n) is 12.0. The van der Waals surface area contributed by atoms with E-state index in [-0.39, 0.29) is 5.78 Å². The van der Waals surface area contributed by atoms with E-state index < -0.39 is 0 Å². The fourth-order valence-corrected chi connectivity index (χ4v) is 3.43. The Labute approximate surface area is 193 Å². The van der Waals surface area contributed by atoms with Gasteiger partial charge in [0.05, 0.1) is 0 Å². The number of ketones is 1. The van der Waals surface area contributed by atoms with Crippen LogP contribution in [0.4, 0.5) is 0 Å². The van der Waals surface area contributed by atoms with Gasteiger partial charge < -0.3 is 0 Å². The van der Waals surface area contributed by atoms with Crippen molar-refractivity contribution in [2.24, 2.45) is 0 Å². The van der Waals surface area contributed by atoms with Gasteiger partial charge in [-0.3, -0.25) is 4.79 Å². The van der Waals surface area contributed by atoms with Crippen molar-refractivity contribution in [3.05, 3.63) is 70.4 Å². The number of hydrogen-bond donors (Lipinski definition) is 0. The molecule has 0 aliphatic rings. The Kier molecular flexibility index (Phi) is 16.7. The van der Waals surface area contributed by atoms with Crippen LogP contribution in [0.2, 0.25) is 0 Å². The predicted octanol–water partition coefficient (Wildman–Crippen LogP) is 9.78. The molecule has 174 valence electrons. The van der Waals surface area contributed by atoms with Gasteiger partial charge in [0.1, 0.15) is 5.78 Å². The standard InChI is InChI=1S/C30H48O/c1-24(2)14-11-17-28(7)19-12-18-26(5)15-9-10-16-27(6)20-13-21-29(8)23-30(31)22-25(3)4/h14-16,19,21H,3,9-13,17-18,20,22-23H2,1-2,4-8H3. The van der Waals surface area contributed by atoms with Crippen LogP contribution in [-0.4, -0.2) is 5.78 Å². The lowest BCUT2D eigenvalue weighted by molar-refractivity contribution is -0.117. The van der Waals surface area contributed by atoms with E-state index in [1.54, 1.807) is 0 Å². The number of carbonyl (C=O) groups excluding carboxylic acids is 1. The lowest BCUT2D eigenvalue weighted by Gasteiger charge is -2.03. The monoisotopic (exact) mass is 424 g/mol. The summed E-state index contributed by atoms with van der Waals surface area (Å²) in [4.78, 5) is 11.8. The molecular weight excluding hydrogens is 376 g/mol. The molecule has 0 aromatic rings. The normalized spacial score (nSPS) is 13.4. The van der Waals surface area contributed by atoms with Crippen LogP contribution < -0.4 is 0 Å². The first-order valence-corrected chi connectivity index (χ1v) is 12.0. The van der Waals surface area contributed by atoms with Crippen molar-refractivity contribution in [2.75, 3.05) is 0 Å². The van der Waals surface area contributed by atoms with Crippen molar-refractivity contribution in [3.63, 3.8) is 0 Å². The lowest BCUT2D eigenvalue weighted by atomic mass is 10.0. The van der Waals surface area contributed by atoms with Gasteiger partial charge in [-0.1, -0.05) is 70.4 Å². The van der Waals surface area contributed by atoms with Gasteiger partial charge in [0.25, 0.3) is 0 Å². The summed E-state index contributed by atoms with van der Waals surface area (Å²) < 4.78 is 0. The van der Waals surface area contributed by atoms with Crippen LogP contribution in [0.5, 0.6) is 0 Å². The van der Waals surface area contributed by atoms with Crippen molar-refractivity contribution in [3.8, 4) is 0 Å². The second-order valence-electron chi connectivity index (χ2n) is 9.53. The third-order valence-corrected chi connectivity index (χ3v) is 5.28. The summed E-state index contributed by atoms with van der Waals surface area (Å²) >= 11 is 0. The lowest BCUT2D eigenvalue weighted by Crippen LogP contribution is -1.98. The number of allylic oxidation sites excluding steroid dienone is 11. The highest BCUT2D eigenvalue weighted by Gasteiger charge is 2.02. The van der Waals surface area contributed by atoms with Gasteiger partial charge in [-0.15, -0.1) is 0 Å². The zero-order valence-corrected chi connectivity index (χ0v) is 21.6. The first kappa shape index (κ1) is 29.1. The minimum absolute atomic E-state index is 0.269. The fraction of sp³-hybridized carbons (Fsp3) is 0.567. The molecule has 1 nitrogen and oxygen atoms in total. The maximum atomic E-state index is 11.8. The molecule has 0 atom stereocenters. The highest BCUT2D eigenvalue weighted by Crippen LogP contribution is 2.14. The molecule has 0 fully saturated rings. The summed E-state index contributed by atoms with van der Waals surface area (Å²) in [6, 6.07) is 0. The molecule has 0 aliphatic heterocycles. The molecular formula is C30H48O. The van der Waals surface area contributed by atoms with Gasteiger partial charge in [0.2, 0.25) is 0 Å². The molecule has 0 amide bonds. The molecule has 0 aromatic heterocycles. The molecule has 1 heteroatoms. The first-order chi connectivity index (χ1) is 14.6. The van der Waals surface area contributed by atoms with Crippen molar-refractivity contribution in [1.82, 2.24) is 0 Å². The Morgan fingerprint density at radius 3 is 1.35 bits per heavy atom. The summed E-state index contributed by atoms with van der Waals surface area (Å²) in [5.74, 6) is 0.269. The molecule has 0 radical (unpaired) electrons. The van der Waals surface area contributed by atoms with Gasteiger partial charge in [0.15, 0.2) is 0 Å². The predicted molar refractivity (Wildman–Crippen MR) is 140 cm³/mol. The molecule has 31 heavy (non-hydrogen) atoms. The quantitative estimate of drug-likeness (QED) is 0.178. The van der Waals surface area contributed by atoms with Crippen LogP contribution >= 0.6 is 0 Å². The minimum atomic E-state index is 0.269. The van der Waals surface area contributed by atoms with Crippen LogP contribution in [0.25, 0.3) is 0 Å². The largest absolute Gasteiger partial charge is 0.299 e. The van der Waals surface area contributed by atoms with Gasteiger partial charge >= 0.3 is 0 Å². The second kappa shape index (κ2) is 17.8. The zero-order chi connectivity index (χ0) is 23.6. The Morgan fingerprint density at radius 2 is 0.935 bits per heavy atom. The SMILES string of the molecule is C=C(C)CC(=O)CC(C)=CCCC(C)=CCCC=C(C)CCC=C(C)CCC=C(C)C. The van der Waals surface area contributed by atoms with Crippen molar-refractivity contribution in [1.29, 1.82) is 0 Å². The van der Waals surface area contributed by atoms with Gasteiger partial charge in [-0.05, 0) is 99.8 Å². The van der Waals surface area contributed by atoms with Gasteiger partial charge in [0, 0.05) is 12.8 Å². The van der Waals surface area contributed by atoms with Crippen LogP contribution in [0.1, 0.15) is 113 Å². The van der Waals surface area contributed by atoms with E-state index in [4.69, 9.17) is 0 Å². The summed E-state index contributed by atoms with van der Waals surface area (Å²) in [5.41, 5.74) is 7.98. The third-order valence-electron chi connectivity index (χ3n) is 5.28. The molecule has 0 aromatic carbocycles. The summed E-state index contributed by atoms with van der Waals surface area (Å²) in [6.07, 6.45) is 21.7. The van der Waals surface area contributed by atoms with Gasteiger partial charge in [-0.25, -0.2) is 0 Å². The van der Waals surface area contributed by atoms with E-state index >= 15 is 0 Å². The van der Waals surface area contributed by atoms with E-state index in [1.165, 1.54) is 34.3 Å². The van der Waals surface area contributed by atoms with E-state index in [1.807, 2.05) is 6.92 Å². The molecule has 0 spiro atoms. The molecule has 0 heterocycles. The average Bonchev–Trinajstić information content (AvgIpc) is 2.64. The average molecular weight is 425 g/mol. The highest BCUT2D eigenvalue weighted by molar-refractivity contribution is 5.82. The molecule has 0 unspecified atom stereocenters. The van der Waals surface area contributed by atoms with E-state index in [0.29, 0.717) is 12.8 Å². The Balaban J connectivity index is 4.12. The molecule has 0 bridgehead atoms. The molecule has 0 aliphatic carbocycles. The molecule has 0 saturated heterocycles.